The van der Waals surface area contributed by atoms with E-state index in [4.69, 9.17) is 39.3 Å². The SMILES string of the molecule is COc1ccc(-c2cc(-c3ccccc3)c3c(N)n(-c4ccc(Cl)cc4)c(=S)nc3n2)cc1. The summed E-state index contributed by atoms with van der Waals surface area (Å²) in [5.41, 5.74) is 11.6. The van der Waals surface area contributed by atoms with E-state index in [0.29, 0.717) is 21.3 Å². The number of nitrogens with two attached hydrogens (primary N) is 1. The Morgan fingerprint density at radius 3 is 2.24 bits per heavy atom. The van der Waals surface area contributed by atoms with E-state index in [0.717, 1.165) is 39.2 Å². The molecule has 2 heterocycles. The molecule has 0 radical (unpaired) electrons. The first-order chi connectivity index (χ1) is 16.0. The van der Waals surface area contributed by atoms with Gasteiger partial charge in [-0.25, -0.2) is 4.98 Å². The second-order valence-electron chi connectivity index (χ2n) is 7.44. The van der Waals surface area contributed by atoms with Gasteiger partial charge in [-0.1, -0.05) is 41.9 Å². The normalized spacial score (nSPS) is 11.0. The molecule has 3 aromatic carbocycles. The lowest BCUT2D eigenvalue weighted by atomic mass is 9.99. The third-order valence-electron chi connectivity index (χ3n) is 5.45. The molecule has 0 bridgehead atoms. The van der Waals surface area contributed by atoms with E-state index >= 15 is 0 Å². The number of halogens is 1. The predicted molar refractivity (Wildman–Crippen MR) is 137 cm³/mol. The van der Waals surface area contributed by atoms with E-state index in [1.165, 1.54) is 0 Å². The number of nitrogens with zero attached hydrogens (tertiary/aromatic N) is 3. The first-order valence-electron chi connectivity index (χ1n) is 10.2. The van der Waals surface area contributed by atoms with E-state index in [-0.39, 0.29) is 0 Å². The molecule has 2 N–H and O–H groups in total. The van der Waals surface area contributed by atoms with E-state index in [9.17, 15) is 0 Å². The van der Waals surface area contributed by atoms with Crippen molar-refractivity contribution in [1.29, 1.82) is 0 Å². The van der Waals surface area contributed by atoms with E-state index in [1.807, 2.05) is 72.8 Å². The van der Waals surface area contributed by atoms with Gasteiger partial charge in [0.05, 0.1) is 18.2 Å². The van der Waals surface area contributed by atoms with Crippen molar-refractivity contribution in [3.05, 3.63) is 94.7 Å². The quantitative estimate of drug-likeness (QED) is 0.295. The zero-order chi connectivity index (χ0) is 22.9. The number of pyridine rings is 1. The van der Waals surface area contributed by atoms with Crippen molar-refractivity contribution in [1.82, 2.24) is 14.5 Å². The van der Waals surface area contributed by atoms with Gasteiger partial charge >= 0.3 is 0 Å². The highest BCUT2D eigenvalue weighted by atomic mass is 35.5. The number of nitrogen functional groups attached to an aromatic ring is 1. The summed E-state index contributed by atoms with van der Waals surface area (Å²) in [6, 6.07) is 27.2. The number of benzene rings is 3. The van der Waals surface area contributed by atoms with Gasteiger partial charge < -0.3 is 10.5 Å². The highest BCUT2D eigenvalue weighted by molar-refractivity contribution is 7.71. The van der Waals surface area contributed by atoms with E-state index in [1.54, 1.807) is 23.8 Å². The summed E-state index contributed by atoms with van der Waals surface area (Å²) >= 11 is 11.7. The van der Waals surface area contributed by atoms with Crippen molar-refractivity contribution >= 4 is 40.7 Å². The Balaban J connectivity index is 1.82. The van der Waals surface area contributed by atoms with Gasteiger partial charge in [-0.3, -0.25) is 4.57 Å². The number of anilines is 1. The molecule has 33 heavy (non-hydrogen) atoms. The van der Waals surface area contributed by atoms with Gasteiger partial charge in [0, 0.05) is 16.3 Å². The number of methoxy groups -OCH3 is 1. The smallest absolute Gasteiger partial charge is 0.207 e. The lowest BCUT2D eigenvalue weighted by Crippen LogP contribution is -2.09. The Hall–Kier alpha value is -3.74. The third kappa shape index (κ3) is 3.95. The van der Waals surface area contributed by atoms with Crippen molar-refractivity contribution in [3.63, 3.8) is 0 Å². The third-order valence-corrected chi connectivity index (χ3v) is 5.97. The van der Waals surface area contributed by atoms with Crippen LogP contribution in [0.4, 0.5) is 5.82 Å². The Morgan fingerprint density at radius 2 is 1.58 bits per heavy atom. The van der Waals surface area contributed by atoms with Crippen molar-refractivity contribution in [2.75, 3.05) is 12.8 Å². The predicted octanol–water partition coefficient (Wildman–Crippen LogP) is 6.73. The van der Waals surface area contributed by atoms with Crippen LogP contribution in [0, 0.1) is 4.77 Å². The fraction of sp³-hybridized carbons (Fsp3) is 0.0385. The number of ether oxygens (including phenoxy) is 1. The van der Waals surface area contributed by atoms with Crippen LogP contribution in [0.25, 0.3) is 39.1 Å². The number of aromatic nitrogens is 3. The van der Waals surface area contributed by atoms with Crippen molar-refractivity contribution in [2.45, 2.75) is 0 Å². The van der Waals surface area contributed by atoms with Gasteiger partial charge in [0.15, 0.2) is 5.65 Å². The Kier molecular flexibility index (Phi) is 5.54. The van der Waals surface area contributed by atoms with Crippen molar-refractivity contribution in [2.24, 2.45) is 0 Å². The first kappa shape index (κ1) is 21.1. The number of hydrogen-bond acceptors (Lipinski definition) is 5. The summed E-state index contributed by atoms with van der Waals surface area (Å²) in [6.07, 6.45) is 0. The fourth-order valence-corrected chi connectivity index (χ4v) is 4.23. The topological polar surface area (TPSA) is 66.0 Å². The molecule has 0 aliphatic carbocycles. The van der Waals surface area contributed by atoms with Crippen molar-refractivity contribution < 1.29 is 4.74 Å². The van der Waals surface area contributed by atoms with Gasteiger partial charge in [-0.15, -0.1) is 0 Å². The highest BCUT2D eigenvalue weighted by Gasteiger charge is 2.17. The molecule has 0 aliphatic heterocycles. The summed E-state index contributed by atoms with van der Waals surface area (Å²) in [5, 5.41) is 1.37. The largest absolute Gasteiger partial charge is 0.497 e. The molecular weight excluding hydrogens is 452 g/mol. The molecule has 162 valence electrons. The summed E-state index contributed by atoms with van der Waals surface area (Å²) in [7, 11) is 1.64. The Morgan fingerprint density at radius 1 is 0.879 bits per heavy atom. The first-order valence-corrected chi connectivity index (χ1v) is 11.0. The zero-order valence-corrected chi connectivity index (χ0v) is 19.3. The van der Waals surface area contributed by atoms with Gasteiger partial charge in [0.1, 0.15) is 11.6 Å². The molecule has 0 saturated carbocycles. The van der Waals surface area contributed by atoms with E-state index in [2.05, 4.69) is 4.98 Å². The maximum absolute atomic E-state index is 6.72. The second kappa shape index (κ2) is 8.65. The highest BCUT2D eigenvalue weighted by Crippen LogP contribution is 2.36. The lowest BCUT2D eigenvalue weighted by Gasteiger charge is -2.16. The van der Waals surface area contributed by atoms with Gasteiger partial charge in [0.2, 0.25) is 4.77 Å². The molecular formula is C26H19ClN4OS. The van der Waals surface area contributed by atoms with Crippen LogP contribution in [0.2, 0.25) is 5.02 Å². The molecule has 0 atom stereocenters. The number of rotatable bonds is 4. The van der Waals surface area contributed by atoms with Crippen LogP contribution < -0.4 is 10.5 Å². The number of fused-ring (bicyclic) bond motifs is 1. The van der Waals surface area contributed by atoms with Crippen LogP contribution in [-0.4, -0.2) is 21.6 Å². The molecule has 5 rings (SSSR count). The van der Waals surface area contributed by atoms with Gasteiger partial charge in [-0.05, 0) is 77.9 Å². The molecule has 0 fully saturated rings. The van der Waals surface area contributed by atoms with Crippen LogP contribution in [0.3, 0.4) is 0 Å². The Bertz CT molecular complexity index is 1520. The van der Waals surface area contributed by atoms with E-state index < -0.39 is 0 Å². The molecule has 5 aromatic rings. The summed E-state index contributed by atoms with van der Waals surface area (Å²) in [6.45, 7) is 0. The minimum absolute atomic E-state index is 0.320. The second-order valence-corrected chi connectivity index (χ2v) is 8.24. The zero-order valence-electron chi connectivity index (χ0n) is 17.7. The maximum Gasteiger partial charge on any atom is 0.207 e. The van der Waals surface area contributed by atoms with Crippen LogP contribution in [0.15, 0.2) is 84.9 Å². The van der Waals surface area contributed by atoms with Gasteiger partial charge in [-0.2, -0.15) is 4.98 Å². The van der Waals surface area contributed by atoms with Crippen LogP contribution >= 0.6 is 23.8 Å². The molecule has 7 heteroatoms. The van der Waals surface area contributed by atoms with Gasteiger partial charge in [0.25, 0.3) is 0 Å². The van der Waals surface area contributed by atoms with Crippen molar-refractivity contribution in [3.8, 4) is 33.8 Å². The minimum Gasteiger partial charge on any atom is -0.497 e. The molecule has 5 nitrogen and oxygen atoms in total. The lowest BCUT2D eigenvalue weighted by molar-refractivity contribution is 0.415. The fourth-order valence-electron chi connectivity index (χ4n) is 3.82. The summed E-state index contributed by atoms with van der Waals surface area (Å²) < 4.78 is 7.35. The summed E-state index contributed by atoms with van der Waals surface area (Å²) in [4.78, 5) is 9.49. The molecule has 0 saturated heterocycles. The molecule has 2 aromatic heterocycles. The molecule has 0 unspecified atom stereocenters. The standard InChI is InChI=1S/C26H19ClN4OS/c1-32-20-13-7-17(8-14-20)22-15-21(16-5-3-2-4-6-16)23-24(28)31(26(33)30-25(23)29-22)19-11-9-18(27)10-12-19/h2-15H,28H2,1H3. The maximum atomic E-state index is 6.72. The number of hydrogen-bond donors (Lipinski definition) is 1. The average Bonchev–Trinajstić information content (AvgIpc) is 2.85. The van der Waals surface area contributed by atoms with Crippen LogP contribution in [0.1, 0.15) is 0 Å². The van der Waals surface area contributed by atoms with Crippen LogP contribution in [-0.2, 0) is 0 Å². The minimum atomic E-state index is 0.320. The average molecular weight is 471 g/mol. The Labute approximate surface area is 201 Å². The molecule has 0 amide bonds. The molecule has 0 aliphatic rings. The monoisotopic (exact) mass is 470 g/mol. The van der Waals surface area contributed by atoms with Crippen LogP contribution in [0.5, 0.6) is 5.75 Å². The summed E-state index contributed by atoms with van der Waals surface area (Å²) in [5.74, 6) is 1.25. The molecule has 0 spiro atoms.